The SMILES string of the molecule is CCOc1ccc(CC(=O)N2CCN(CC(=O)c3cc(C)n(C4CCCC4)c3C)CC2)cc1. The first-order valence-corrected chi connectivity index (χ1v) is 12.4. The van der Waals surface area contributed by atoms with Crippen LogP contribution in [0.5, 0.6) is 5.75 Å². The minimum atomic E-state index is 0.144. The van der Waals surface area contributed by atoms with Gasteiger partial charge in [-0.15, -0.1) is 0 Å². The van der Waals surface area contributed by atoms with Gasteiger partial charge in [-0.1, -0.05) is 25.0 Å². The summed E-state index contributed by atoms with van der Waals surface area (Å²) in [4.78, 5) is 29.9. The summed E-state index contributed by atoms with van der Waals surface area (Å²) >= 11 is 0. The minimum absolute atomic E-state index is 0.144. The van der Waals surface area contributed by atoms with Crippen LogP contribution in [0.4, 0.5) is 0 Å². The second-order valence-corrected chi connectivity index (χ2v) is 9.43. The Morgan fingerprint density at radius 2 is 1.67 bits per heavy atom. The molecule has 0 bridgehead atoms. The number of benzene rings is 1. The predicted molar refractivity (Wildman–Crippen MR) is 130 cm³/mol. The second kappa shape index (κ2) is 10.6. The molecule has 0 N–H and O–H groups in total. The Hall–Kier alpha value is -2.60. The third-order valence-corrected chi connectivity index (χ3v) is 7.16. The summed E-state index contributed by atoms with van der Waals surface area (Å²) in [6.07, 6.45) is 5.41. The molecule has 0 spiro atoms. The van der Waals surface area contributed by atoms with Crippen LogP contribution in [0.15, 0.2) is 30.3 Å². The van der Waals surface area contributed by atoms with Crippen LogP contribution in [-0.4, -0.2) is 65.4 Å². The first kappa shape index (κ1) is 23.6. The van der Waals surface area contributed by atoms with Crippen LogP contribution < -0.4 is 4.74 Å². The Bertz CT molecular complexity index is 965. The lowest BCUT2D eigenvalue weighted by Crippen LogP contribution is -2.50. The topological polar surface area (TPSA) is 54.8 Å². The van der Waals surface area contributed by atoms with Crippen molar-refractivity contribution in [3.8, 4) is 5.75 Å². The van der Waals surface area contributed by atoms with Gasteiger partial charge in [0, 0.05) is 49.2 Å². The van der Waals surface area contributed by atoms with Gasteiger partial charge in [-0.05, 0) is 57.4 Å². The summed E-state index contributed by atoms with van der Waals surface area (Å²) in [5.74, 6) is 1.17. The van der Waals surface area contributed by atoms with Gasteiger partial charge in [0.2, 0.25) is 5.91 Å². The average molecular weight is 452 g/mol. The highest BCUT2D eigenvalue weighted by atomic mass is 16.5. The molecule has 0 radical (unpaired) electrons. The maximum absolute atomic E-state index is 13.1. The lowest BCUT2D eigenvalue weighted by molar-refractivity contribution is -0.132. The molecule has 1 saturated carbocycles. The molecule has 2 fully saturated rings. The number of rotatable bonds is 8. The second-order valence-electron chi connectivity index (χ2n) is 9.43. The zero-order chi connectivity index (χ0) is 23.4. The van der Waals surface area contributed by atoms with Crippen LogP contribution in [0.1, 0.15) is 66.0 Å². The Balaban J connectivity index is 1.28. The number of hydrogen-bond donors (Lipinski definition) is 0. The highest BCUT2D eigenvalue weighted by Crippen LogP contribution is 2.33. The molecular weight excluding hydrogens is 414 g/mol. The standard InChI is InChI=1S/C27H37N3O3/c1-4-33-24-11-9-22(10-12-24)18-27(32)29-15-13-28(14-16-29)19-26(31)25-17-20(2)30(21(25)3)23-7-5-6-8-23/h9-12,17,23H,4-8,13-16,18-19H2,1-3H3. The number of aryl methyl sites for hydroxylation is 1. The maximum atomic E-state index is 13.1. The minimum Gasteiger partial charge on any atom is -0.494 e. The van der Waals surface area contributed by atoms with E-state index in [1.165, 1.54) is 31.4 Å². The van der Waals surface area contributed by atoms with Gasteiger partial charge in [-0.3, -0.25) is 14.5 Å². The highest BCUT2D eigenvalue weighted by Gasteiger charge is 2.26. The van der Waals surface area contributed by atoms with Crippen molar-refractivity contribution < 1.29 is 14.3 Å². The van der Waals surface area contributed by atoms with Crippen molar-refractivity contribution in [3.63, 3.8) is 0 Å². The lowest BCUT2D eigenvalue weighted by Gasteiger charge is -2.34. The molecule has 0 unspecified atom stereocenters. The fraction of sp³-hybridized carbons (Fsp3) is 0.556. The van der Waals surface area contributed by atoms with Gasteiger partial charge in [0.15, 0.2) is 5.78 Å². The van der Waals surface area contributed by atoms with E-state index in [1.54, 1.807) is 0 Å². The molecule has 2 aliphatic rings. The van der Waals surface area contributed by atoms with Crippen LogP contribution >= 0.6 is 0 Å². The summed E-state index contributed by atoms with van der Waals surface area (Å²) < 4.78 is 7.86. The van der Waals surface area contributed by atoms with E-state index in [1.807, 2.05) is 36.1 Å². The van der Waals surface area contributed by atoms with Crippen LogP contribution in [0, 0.1) is 13.8 Å². The van der Waals surface area contributed by atoms with Crippen molar-refractivity contribution >= 4 is 11.7 Å². The number of ether oxygens (including phenoxy) is 1. The van der Waals surface area contributed by atoms with Crippen LogP contribution in [0.2, 0.25) is 0 Å². The van der Waals surface area contributed by atoms with Crippen LogP contribution in [0.25, 0.3) is 0 Å². The van der Waals surface area contributed by atoms with E-state index in [2.05, 4.69) is 29.4 Å². The Morgan fingerprint density at radius 1 is 1.00 bits per heavy atom. The van der Waals surface area contributed by atoms with Crippen molar-refractivity contribution in [1.82, 2.24) is 14.4 Å². The van der Waals surface area contributed by atoms with E-state index in [4.69, 9.17) is 4.74 Å². The average Bonchev–Trinajstić information content (AvgIpc) is 3.43. The summed E-state index contributed by atoms with van der Waals surface area (Å²) in [5.41, 5.74) is 4.19. The van der Waals surface area contributed by atoms with Gasteiger partial charge in [0.25, 0.3) is 0 Å². The summed E-state index contributed by atoms with van der Waals surface area (Å²) in [5, 5.41) is 0. The molecule has 6 nitrogen and oxygen atoms in total. The highest BCUT2D eigenvalue weighted by molar-refractivity contribution is 5.99. The molecular formula is C27H37N3O3. The molecule has 33 heavy (non-hydrogen) atoms. The normalized spacial score (nSPS) is 17.5. The number of piperazine rings is 1. The Morgan fingerprint density at radius 3 is 2.30 bits per heavy atom. The fourth-order valence-corrected chi connectivity index (χ4v) is 5.38. The van der Waals surface area contributed by atoms with Gasteiger partial charge in [0.05, 0.1) is 19.6 Å². The number of amides is 1. The van der Waals surface area contributed by atoms with E-state index in [0.29, 0.717) is 38.7 Å². The van der Waals surface area contributed by atoms with Crippen molar-refractivity contribution in [2.75, 3.05) is 39.3 Å². The largest absolute Gasteiger partial charge is 0.494 e. The number of carbonyl (C=O) groups excluding carboxylic acids is 2. The molecule has 1 amide bonds. The molecule has 6 heteroatoms. The monoisotopic (exact) mass is 451 g/mol. The van der Waals surface area contributed by atoms with Gasteiger partial charge >= 0.3 is 0 Å². The number of ketones is 1. The predicted octanol–water partition coefficient (Wildman–Crippen LogP) is 4.19. The fourth-order valence-electron chi connectivity index (χ4n) is 5.38. The molecule has 1 saturated heterocycles. The lowest BCUT2D eigenvalue weighted by atomic mass is 10.1. The summed E-state index contributed by atoms with van der Waals surface area (Å²) in [7, 11) is 0. The van der Waals surface area contributed by atoms with E-state index >= 15 is 0 Å². The molecule has 2 heterocycles. The van der Waals surface area contributed by atoms with E-state index in [9.17, 15) is 9.59 Å². The smallest absolute Gasteiger partial charge is 0.227 e. The van der Waals surface area contributed by atoms with E-state index in [-0.39, 0.29) is 11.7 Å². The third-order valence-electron chi connectivity index (χ3n) is 7.16. The quantitative estimate of drug-likeness (QED) is 0.565. The van der Waals surface area contributed by atoms with Crippen LogP contribution in [-0.2, 0) is 11.2 Å². The molecule has 4 rings (SSSR count). The van der Waals surface area contributed by atoms with Gasteiger partial charge in [-0.25, -0.2) is 0 Å². The number of aromatic nitrogens is 1. The van der Waals surface area contributed by atoms with Gasteiger partial charge in [-0.2, -0.15) is 0 Å². The molecule has 0 atom stereocenters. The summed E-state index contributed by atoms with van der Waals surface area (Å²) in [6, 6.07) is 10.4. The molecule has 1 aromatic heterocycles. The van der Waals surface area contributed by atoms with Crippen molar-refractivity contribution in [2.45, 2.75) is 58.9 Å². The molecule has 2 aromatic rings. The number of nitrogens with zero attached hydrogens (tertiary/aromatic N) is 3. The molecule has 178 valence electrons. The summed E-state index contributed by atoms with van der Waals surface area (Å²) in [6.45, 7) is 10.1. The third kappa shape index (κ3) is 5.49. The van der Waals surface area contributed by atoms with Gasteiger partial charge < -0.3 is 14.2 Å². The first-order valence-electron chi connectivity index (χ1n) is 12.4. The van der Waals surface area contributed by atoms with E-state index in [0.717, 1.165) is 35.7 Å². The Labute approximate surface area is 197 Å². The zero-order valence-corrected chi connectivity index (χ0v) is 20.3. The number of hydrogen-bond acceptors (Lipinski definition) is 4. The molecule has 1 aromatic carbocycles. The Kier molecular flexibility index (Phi) is 7.53. The zero-order valence-electron chi connectivity index (χ0n) is 20.3. The molecule has 1 aliphatic carbocycles. The number of carbonyl (C=O) groups is 2. The van der Waals surface area contributed by atoms with Crippen molar-refractivity contribution in [3.05, 3.63) is 52.8 Å². The first-order chi connectivity index (χ1) is 16.0. The van der Waals surface area contributed by atoms with E-state index < -0.39 is 0 Å². The maximum Gasteiger partial charge on any atom is 0.227 e. The molecule has 1 aliphatic heterocycles. The number of Topliss-reactive ketones (excluding diaryl/α,β-unsaturated/α-hetero) is 1. The van der Waals surface area contributed by atoms with Gasteiger partial charge in [0.1, 0.15) is 5.75 Å². The van der Waals surface area contributed by atoms with Crippen LogP contribution in [0.3, 0.4) is 0 Å². The van der Waals surface area contributed by atoms with Crippen molar-refractivity contribution in [2.24, 2.45) is 0 Å². The van der Waals surface area contributed by atoms with Crippen molar-refractivity contribution in [1.29, 1.82) is 0 Å².